The molecule has 28 heavy (non-hydrogen) atoms. The zero-order chi connectivity index (χ0) is 19.8. The standard InChI is InChI=1S/C22H21N3O3/c1-28-19-14-12-18(13-15-19)24-22(27)25-20(16-8-4-2-5-9-16)21(26)23-17-10-6-3-7-11-17/h2-15,20H,1H3,(H,23,26)(H2,24,25,27). The van der Waals surface area contributed by atoms with E-state index in [1.54, 1.807) is 55.6 Å². The van der Waals surface area contributed by atoms with Gasteiger partial charge < -0.3 is 20.7 Å². The van der Waals surface area contributed by atoms with E-state index in [-0.39, 0.29) is 5.91 Å². The van der Waals surface area contributed by atoms with E-state index in [1.165, 1.54) is 0 Å². The molecule has 1 unspecified atom stereocenters. The fourth-order valence-electron chi connectivity index (χ4n) is 2.65. The lowest BCUT2D eigenvalue weighted by Crippen LogP contribution is -2.39. The van der Waals surface area contributed by atoms with Gasteiger partial charge in [0.2, 0.25) is 0 Å². The number of anilines is 2. The molecule has 3 aromatic carbocycles. The summed E-state index contributed by atoms with van der Waals surface area (Å²) >= 11 is 0. The van der Waals surface area contributed by atoms with E-state index < -0.39 is 12.1 Å². The van der Waals surface area contributed by atoms with Crippen molar-refractivity contribution in [3.05, 3.63) is 90.5 Å². The van der Waals surface area contributed by atoms with E-state index in [4.69, 9.17) is 4.74 Å². The smallest absolute Gasteiger partial charge is 0.320 e. The lowest BCUT2D eigenvalue weighted by atomic mass is 10.1. The second-order valence-electron chi connectivity index (χ2n) is 6.03. The summed E-state index contributed by atoms with van der Waals surface area (Å²) in [6.07, 6.45) is 0. The van der Waals surface area contributed by atoms with E-state index in [2.05, 4.69) is 16.0 Å². The number of urea groups is 1. The van der Waals surface area contributed by atoms with Gasteiger partial charge in [-0.25, -0.2) is 4.79 Å². The molecule has 0 bridgehead atoms. The summed E-state index contributed by atoms with van der Waals surface area (Å²) in [6.45, 7) is 0. The van der Waals surface area contributed by atoms with Crippen LogP contribution >= 0.6 is 0 Å². The molecule has 0 fully saturated rings. The Morgan fingerprint density at radius 1 is 0.750 bits per heavy atom. The van der Waals surface area contributed by atoms with Gasteiger partial charge in [0.05, 0.1) is 7.11 Å². The third kappa shape index (κ3) is 5.11. The zero-order valence-electron chi connectivity index (χ0n) is 15.4. The van der Waals surface area contributed by atoms with E-state index in [1.807, 2.05) is 36.4 Å². The van der Waals surface area contributed by atoms with Gasteiger partial charge in [0.1, 0.15) is 11.8 Å². The molecule has 0 heterocycles. The first-order chi connectivity index (χ1) is 13.7. The van der Waals surface area contributed by atoms with Crippen molar-refractivity contribution in [2.45, 2.75) is 6.04 Å². The second-order valence-corrected chi connectivity index (χ2v) is 6.03. The summed E-state index contributed by atoms with van der Waals surface area (Å²) < 4.78 is 5.10. The molecule has 0 saturated heterocycles. The van der Waals surface area contributed by atoms with Crippen LogP contribution in [0.15, 0.2) is 84.9 Å². The van der Waals surface area contributed by atoms with Crippen molar-refractivity contribution < 1.29 is 14.3 Å². The van der Waals surface area contributed by atoms with Crippen molar-refractivity contribution in [1.82, 2.24) is 5.32 Å². The largest absolute Gasteiger partial charge is 0.497 e. The molecule has 0 radical (unpaired) electrons. The topological polar surface area (TPSA) is 79.5 Å². The Kier molecular flexibility index (Phi) is 6.25. The minimum absolute atomic E-state index is 0.331. The zero-order valence-corrected chi connectivity index (χ0v) is 15.4. The Hall–Kier alpha value is -3.80. The molecule has 142 valence electrons. The van der Waals surface area contributed by atoms with Crippen molar-refractivity contribution in [3.8, 4) is 5.75 Å². The number of nitrogens with one attached hydrogen (secondary N) is 3. The van der Waals surface area contributed by atoms with Crippen LogP contribution < -0.4 is 20.7 Å². The SMILES string of the molecule is COc1ccc(NC(=O)NC(C(=O)Nc2ccccc2)c2ccccc2)cc1. The van der Waals surface area contributed by atoms with Crippen LogP contribution in [0.2, 0.25) is 0 Å². The fourth-order valence-corrected chi connectivity index (χ4v) is 2.65. The van der Waals surface area contributed by atoms with Gasteiger partial charge in [-0.15, -0.1) is 0 Å². The number of hydrogen-bond donors (Lipinski definition) is 3. The van der Waals surface area contributed by atoms with Crippen molar-refractivity contribution >= 4 is 23.3 Å². The van der Waals surface area contributed by atoms with Gasteiger partial charge in [-0.05, 0) is 42.0 Å². The van der Waals surface area contributed by atoms with Crippen LogP contribution in [0.25, 0.3) is 0 Å². The van der Waals surface area contributed by atoms with Crippen LogP contribution in [0, 0.1) is 0 Å². The molecule has 3 aromatic rings. The van der Waals surface area contributed by atoms with Crippen molar-refractivity contribution in [1.29, 1.82) is 0 Å². The normalized spacial score (nSPS) is 11.2. The Bertz CT molecular complexity index is 913. The number of benzene rings is 3. The van der Waals surface area contributed by atoms with Crippen LogP contribution in [0.1, 0.15) is 11.6 Å². The molecule has 0 aliphatic carbocycles. The second kappa shape index (κ2) is 9.23. The van der Waals surface area contributed by atoms with Gasteiger partial charge in [-0.3, -0.25) is 4.79 Å². The summed E-state index contributed by atoms with van der Waals surface area (Å²) in [5, 5.41) is 8.29. The maximum absolute atomic E-state index is 12.8. The first-order valence-electron chi connectivity index (χ1n) is 8.78. The number of rotatable bonds is 6. The highest BCUT2D eigenvalue weighted by Gasteiger charge is 2.23. The molecule has 0 saturated carbocycles. The maximum atomic E-state index is 12.8. The molecule has 3 N–H and O–H groups in total. The molecule has 3 rings (SSSR count). The molecule has 1 atom stereocenters. The summed E-state index contributed by atoms with van der Waals surface area (Å²) in [4.78, 5) is 25.3. The highest BCUT2D eigenvalue weighted by molar-refractivity contribution is 5.99. The van der Waals surface area contributed by atoms with Crippen LogP contribution in [-0.2, 0) is 4.79 Å². The molecule has 0 spiro atoms. The average molecular weight is 375 g/mol. The highest BCUT2D eigenvalue weighted by Crippen LogP contribution is 2.18. The number of carbonyl (C=O) groups is 2. The van der Waals surface area contributed by atoms with Gasteiger partial charge in [0.15, 0.2) is 0 Å². The van der Waals surface area contributed by atoms with Gasteiger partial charge in [-0.2, -0.15) is 0 Å². The summed E-state index contributed by atoms with van der Waals surface area (Å²) in [7, 11) is 1.57. The van der Waals surface area contributed by atoms with Gasteiger partial charge in [0, 0.05) is 11.4 Å². The Balaban J connectivity index is 1.73. The molecule has 0 aromatic heterocycles. The van der Waals surface area contributed by atoms with E-state index in [0.29, 0.717) is 22.7 Å². The molecule has 0 aliphatic rings. The molecule has 6 nitrogen and oxygen atoms in total. The predicted molar refractivity (Wildman–Crippen MR) is 109 cm³/mol. The number of amides is 3. The lowest BCUT2D eigenvalue weighted by Gasteiger charge is -2.19. The van der Waals surface area contributed by atoms with Gasteiger partial charge >= 0.3 is 6.03 Å². The predicted octanol–water partition coefficient (Wildman–Crippen LogP) is 4.20. The third-order valence-electron chi connectivity index (χ3n) is 4.06. The number of ether oxygens (including phenoxy) is 1. The molecular weight excluding hydrogens is 354 g/mol. The number of para-hydroxylation sites is 1. The first-order valence-corrected chi connectivity index (χ1v) is 8.78. The van der Waals surface area contributed by atoms with E-state index in [9.17, 15) is 9.59 Å². The minimum Gasteiger partial charge on any atom is -0.497 e. The van der Waals surface area contributed by atoms with Crippen molar-refractivity contribution in [2.24, 2.45) is 0 Å². The Morgan fingerprint density at radius 2 is 1.32 bits per heavy atom. The van der Waals surface area contributed by atoms with Crippen molar-refractivity contribution in [3.63, 3.8) is 0 Å². The average Bonchev–Trinajstić information content (AvgIpc) is 2.74. The minimum atomic E-state index is -0.848. The van der Waals surface area contributed by atoms with Gasteiger partial charge in [0.25, 0.3) is 5.91 Å². The number of carbonyl (C=O) groups excluding carboxylic acids is 2. The van der Waals surface area contributed by atoms with Crippen LogP contribution in [0.5, 0.6) is 5.75 Å². The Morgan fingerprint density at radius 3 is 1.93 bits per heavy atom. The first kappa shape index (κ1) is 19.0. The molecule has 3 amide bonds. The summed E-state index contributed by atoms with van der Waals surface area (Å²) in [6, 6.07) is 23.8. The highest BCUT2D eigenvalue weighted by atomic mass is 16.5. The third-order valence-corrected chi connectivity index (χ3v) is 4.06. The summed E-state index contributed by atoms with van der Waals surface area (Å²) in [5.74, 6) is 0.359. The molecule has 0 aliphatic heterocycles. The lowest BCUT2D eigenvalue weighted by molar-refractivity contribution is -0.118. The molecule has 6 heteroatoms. The summed E-state index contributed by atoms with van der Waals surface area (Å²) in [5.41, 5.74) is 1.93. The monoisotopic (exact) mass is 375 g/mol. The number of methoxy groups -OCH3 is 1. The van der Waals surface area contributed by atoms with E-state index in [0.717, 1.165) is 0 Å². The van der Waals surface area contributed by atoms with Crippen LogP contribution in [-0.4, -0.2) is 19.0 Å². The number of hydrogen-bond acceptors (Lipinski definition) is 3. The molecular formula is C22H21N3O3. The van der Waals surface area contributed by atoms with E-state index >= 15 is 0 Å². The quantitative estimate of drug-likeness (QED) is 0.604. The van der Waals surface area contributed by atoms with Gasteiger partial charge in [-0.1, -0.05) is 48.5 Å². The van der Waals surface area contributed by atoms with Crippen LogP contribution in [0.4, 0.5) is 16.2 Å². The Labute approximate surface area is 163 Å². The van der Waals surface area contributed by atoms with Crippen LogP contribution in [0.3, 0.4) is 0 Å². The van der Waals surface area contributed by atoms with Crippen molar-refractivity contribution in [2.75, 3.05) is 17.7 Å². The fraction of sp³-hybridized carbons (Fsp3) is 0.0909. The maximum Gasteiger partial charge on any atom is 0.320 e.